The molecule has 0 spiro atoms. The molecule has 1 fully saturated rings. The molecule has 0 heterocycles. The minimum atomic E-state index is -1.51. The summed E-state index contributed by atoms with van der Waals surface area (Å²) in [6.07, 6.45) is 0.622. The first kappa shape index (κ1) is 11.0. The van der Waals surface area contributed by atoms with Gasteiger partial charge in [0.2, 0.25) is 5.91 Å². The third-order valence-corrected chi connectivity index (χ3v) is 2.50. The summed E-state index contributed by atoms with van der Waals surface area (Å²) in [6, 6.07) is 0. The zero-order valence-electron chi connectivity index (χ0n) is 8.06. The second-order valence-corrected chi connectivity index (χ2v) is 3.73. The normalized spacial score (nSPS) is 19.9. The van der Waals surface area contributed by atoms with Crippen LogP contribution in [-0.4, -0.2) is 34.7 Å². The number of aliphatic hydroxyl groups excluding tert-OH is 1. The number of rotatable bonds is 5. The average molecular weight is 201 g/mol. The molecule has 80 valence electrons. The van der Waals surface area contributed by atoms with Crippen LogP contribution in [0.5, 0.6) is 0 Å². The highest BCUT2D eigenvalue weighted by atomic mass is 16.4. The van der Waals surface area contributed by atoms with E-state index in [1.165, 1.54) is 0 Å². The van der Waals surface area contributed by atoms with Crippen molar-refractivity contribution >= 4 is 11.9 Å². The lowest BCUT2D eigenvalue weighted by atomic mass is 10.1. The van der Waals surface area contributed by atoms with Gasteiger partial charge < -0.3 is 15.5 Å². The van der Waals surface area contributed by atoms with Crippen LogP contribution in [0.2, 0.25) is 0 Å². The molecule has 0 aromatic heterocycles. The Bertz CT molecular complexity index is 237. The average Bonchev–Trinajstić information content (AvgIpc) is 2.95. The maximum Gasteiger partial charge on any atom is 0.334 e. The van der Waals surface area contributed by atoms with E-state index in [1.807, 2.05) is 6.92 Å². The number of carboxylic acid groups (broad SMARTS) is 1. The zero-order valence-corrected chi connectivity index (χ0v) is 8.06. The second-order valence-electron chi connectivity index (χ2n) is 3.73. The number of nitrogens with one attached hydrogen (secondary N) is 1. The highest BCUT2D eigenvalue weighted by Gasteiger charge is 2.32. The molecule has 1 amide bonds. The first-order valence-corrected chi connectivity index (χ1v) is 4.71. The van der Waals surface area contributed by atoms with Gasteiger partial charge in [-0.15, -0.1) is 0 Å². The number of hydrogen-bond donors (Lipinski definition) is 3. The molecule has 1 rings (SSSR count). The first-order chi connectivity index (χ1) is 6.52. The van der Waals surface area contributed by atoms with Gasteiger partial charge in [-0.05, 0) is 18.8 Å². The van der Waals surface area contributed by atoms with Gasteiger partial charge in [-0.1, -0.05) is 6.92 Å². The molecule has 1 saturated carbocycles. The van der Waals surface area contributed by atoms with Crippen LogP contribution >= 0.6 is 0 Å². The van der Waals surface area contributed by atoms with Gasteiger partial charge in [0.05, 0.1) is 6.54 Å². The van der Waals surface area contributed by atoms with Crippen molar-refractivity contribution in [2.45, 2.75) is 25.9 Å². The Hall–Kier alpha value is -1.10. The maximum atomic E-state index is 11.3. The Morgan fingerprint density at radius 1 is 1.50 bits per heavy atom. The van der Waals surface area contributed by atoms with Crippen LogP contribution in [0.4, 0.5) is 0 Å². The minimum Gasteiger partial charge on any atom is -0.479 e. The second kappa shape index (κ2) is 4.41. The number of carboxylic acids is 1. The fraction of sp³-hybridized carbons (Fsp3) is 0.778. The Kier molecular flexibility index (Phi) is 3.46. The molecule has 0 aromatic carbocycles. The molecule has 1 aliphatic carbocycles. The van der Waals surface area contributed by atoms with E-state index in [4.69, 9.17) is 10.2 Å². The van der Waals surface area contributed by atoms with Gasteiger partial charge in [0.1, 0.15) is 0 Å². The molecule has 5 heteroatoms. The van der Waals surface area contributed by atoms with Crippen LogP contribution < -0.4 is 5.32 Å². The maximum absolute atomic E-state index is 11.3. The van der Waals surface area contributed by atoms with E-state index in [-0.39, 0.29) is 18.4 Å². The summed E-state index contributed by atoms with van der Waals surface area (Å²) in [7, 11) is 0. The van der Waals surface area contributed by atoms with E-state index in [1.54, 1.807) is 0 Å². The van der Waals surface area contributed by atoms with Gasteiger partial charge in [0, 0.05) is 5.92 Å². The Morgan fingerprint density at radius 3 is 2.50 bits per heavy atom. The number of carbonyl (C=O) groups excluding carboxylic acids is 1. The molecular formula is C9H15NO4. The Morgan fingerprint density at radius 2 is 2.07 bits per heavy atom. The molecule has 14 heavy (non-hydrogen) atoms. The number of aliphatic carboxylic acids is 1. The summed E-state index contributed by atoms with van der Waals surface area (Å²) < 4.78 is 0. The summed E-state index contributed by atoms with van der Waals surface area (Å²) in [5, 5.41) is 19.7. The van der Waals surface area contributed by atoms with Crippen LogP contribution in [-0.2, 0) is 9.59 Å². The fourth-order valence-corrected chi connectivity index (χ4v) is 1.26. The lowest BCUT2D eigenvalue weighted by Crippen LogP contribution is -2.39. The molecule has 0 radical (unpaired) electrons. The van der Waals surface area contributed by atoms with Gasteiger partial charge in [0.15, 0.2) is 6.10 Å². The third-order valence-electron chi connectivity index (χ3n) is 2.50. The van der Waals surface area contributed by atoms with Crippen molar-refractivity contribution in [2.24, 2.45) is 11.8 Å². The molecule has 5 nitrogen and oxygen atoms in total. The number of aliphatic hydroxyl groups is 1. The van der Waals surface area contributed by atoms with Crippen LogP contribution in [0.1, 0.15) is 19.8 Å². The number of amides is 1. The lowest BCUT2D eigenvalue weighted by molar-refractivity contribution is -0.146. The van der Waals surface area contributed by atoms with Crippen LogP contribution in [0.3, 0.4) is 0 Å². The first-order valence-electron chi connectivity index (χ1n) is 4.71. The molecule has 1 unspecified atom stereocenters. The van der Waals surface area contributed by atoms with Gasteiger partial charge in [-0.2, -0.15) is 0 Å². The van der Waals surface area contributed by atoms with E-state index in [0.717, 1.165) is 12.8 Å². The predicted octanol–water partition coefficient (Wildman–Crippen LogP) is -0.406. The summed E-state index contributed by atoms with van der Waals surface area (Å²) in [4.78, 5) is 21.6. The molecular weight excluding hydrogens is 186 g/mol. The SMILES string of the molecule is CC(C(=O)NC[C@H](O)C(=O)O)C1CC1. The van der Waals surface area contributed by atoms with Gasteiger partial charge >= 0.3 is 5.97 Å². The van der Waals surface area contributed by atoms with Gasteiger partial charge in [-0.25, -0.2) is 4.79 Å². The van der Waals surface area contributed by atoms with Crippen molar-refractivity contribution in [3.8, 4) is 0 Å². The lowest BCUT2D eigenvalue weighted by Gasteiger charge is -2.12. The van der Waals surface area contributed by atoms with Crippen molar-refractivity contribution in [1.82, 2.24) is 5.32 Å². The molecule has 0 saturated heterocycles. The van der Waals surface area contributed by atoms with Crippen molar-refractivity contribution in [3.63, 3.8) is 0 Å². The molecule has 0 bridgehead atoms. The summed E-state index contributed by atoms with van der Waals surface area (Å²) in [5.41, 5.74) is 0. The smallest absolute Gasteiger partial charge is 0.334 e. The minimum absolute atomic E-state index is 0.0732. The van der Waals surface area contributed by atoms with E-state index in [0.29, 0.717) is 5.92 Å². The van der Waals surface area contributed by atoms with Gasteiger partial charge in [-0.3, -0.25) is 4.79 Å². The molecule has 1 aliphatic rings. The van der Waals surface area contributed by atoms with Crippen LogP contribution in [0, 0.1) is 11.8 Å². The van der Waals surface area contributed by atoms with E-state index in [2.05, 4.69) is 5.32 Å². The zero-order chi connectivity index (χ0) is 10.7. The highest BCUT2D eigenvalue weighted by Crippen LogP contribution is 2.36. The topological polar surface area (TPSA) is 86.6 Å². The Balaban J connectivity index is 2.23. The highest BCUT2D eigenvalue weighted by molar-refractivity contribution is 5.80. The van der Waals surface area contributed by atoms with Crippen molar-refractivity contribution < 1.29 is 19.8 Å². The third kappa shape index (κ3) is 2.99. The van der Waals surface area contributed by atoms with E-state index >= 15 is 0 Å². The molecule has 3 N–H and O–H groups in total. The Labute approximate surface area is 82.1 Å². The number of hydrogen-bond acceptors (Lipinski definition) is 3. The summed E-state index contributed by atoms with van der Waals surface area (Å²) in [6.45, 7) is 1.60. The van der Waals surface area contributed by atoms with Crippen LogP contribution in [0.25, 0.3) is 0 Å². The van der Waals surface area contributed by atoms with E-state index < -0.39 is 12.1 Å². The largest absolute Gasteiger partial charge is 0.479 e. The molecule has 0 aliphatic heterocycles. The fourth-order valence-electron chi connectivity index (χ4n) is 1.26. The predicted molar refractivity (Wildman–Crippen MR) is 48.5 cm³/mol. The summed E-state index contributed by atoms with van der Waals surface area (Å²) in [5.74, 6) is -1.12. The quantitative estimate of drug-likeness (QED) is 0.564. The van der Waals surface area contributed by atoms with Crippen molar-refractivity contribution in [3.05, 3.63) is 0 Å². The van der Waals surface area contributed by atoms with E-state index in [9.17, 15) is 9.59 Å². The monoisotopic (exact) mass is 201 g/mol. The standard InChI is InChI=1S/C9H15NO4/c1-5(6-2-3-6)8(12)10-4-7(11)9(13)14/h5-7,11H,2-4H2,1H3,(H,10,12)(H,13,14)/t5?,7-/m0/s1. The van der Waals surface area contributed by atoms with Crippen molar-refractivity contribution in [1.29, 1.82) is 0 Å². The van der Waals surface area contributed by atoms with Crippen molar-refractivity contribution in [2.75, 3.05) is 6.54 Å². The molecule has 0 aromatic rings. The molecule has 2 atom stereocenters. The van der Waals surface area contributed by atoms with Gasteiger partial charge in [0.25, 0.3) is 0 Å². The summed E-state index contributed by atoms with van der Waals surface area (Å²) >= 11 is 0. The van der Waals surface area contributed by atoms with Crippen LogP contribution in [0.15, 0.2) is 0 Å². The number of carbonyl (C=O) groups is 2.